The van der Waals surface area contributed by atoms with Gasteiger partial charge in [0.2, 0.25) is 0 Å². The Morgan fingerprint density at radius 1 is 1.37 bits per heavy atom. The fourth-order valence-electron chi connectivity index (χ4n) is 1.37. The van der Waals surface area contributed by atoms with Crippen LogP contribution in [0.5, 0.6) is 5.75 Å². The molecule has 0 fully saturated rings. The summed E-state index contributed by atoms with van der Waals surface area (Å²) >= 11 is 0. The SMILES string of the molecule is [2H]C([2H])([2H])C(NC([2H])([2H])C(O)COc1ccc(CCOC)cc1)C([2H])([2H])[2H]. The zero-order valence-corrected chi connectivity index (χ0v) is 10.8. The molecule has 0 bridgehead atoms. The molecule has 0 amide bonds. The smallest absolute Gasteiger partial charge is 0.119 e. The molecule has 19 heavy (non-hydrogen) atoms. The molecule has 0 saturated carbocycles. The van der Waals surface area contributed by atoms with Gasteiger partial charge >= 0.3 is 0 Å². The van der Waals surface area contributed by atoms with E-state index in [4.69, 9.17) is 20.4 Å². The van der Waals surface area contributed by atoms with E-state index in [-0.39, 0.29) is 0 Å². The first kappa shape index (κ1) is 7.62. The van der Waals surface area contributed by atoms with Gasteiger partial charge in [-0.25, -0.2) is 0 Å². The van der Waals surface area contributed by atoms with Crippen molar-refractivity contribution in [2.24, 2.45) is 0 Å². The highest BCUT2D eigenvalue weighted by Gasteiger charge is 2.05. The van der Waals surface area contributed by atoms with Gasteiger partial charge in [0.25, 0.3) is 0 Å². The van der Waals surface area contributed by atoms with Gasteiger partial charge in [-0.05, 0) is 24.1 Å². The van der Waals surface area contributed by atoms with Crippen LogP contribution >= 0.6 is 0 Å². The Labute approximate surface area is 127 Å². The molecule has 0 radical (unpaired) electrons. The number of rotatable bonds is 9. The second-order valence-electron chi connectivity index (χ2n) is 3.94. The van der Waals surface area contributed by atoms with Crippen molar-refractivity contribution in [3.63, 3.8) is 0 Å². The molecular formula is C15H25NO3. The first-order valence-corrected chi connectivity index (χ1v) is 5.94. The Morgan fingerprint density at radius 3 is 2.74 bits per heavy atom. The summed E-state index contributed by atoms with van der Waals surface area (Å²) in [5.74, 6) is 0.384. The molecule has 1 aromatic rings. The number of hydrogen-bond donors (Lipinski definition) is 2. The van der Waals surface area contributed by atoms with Crippen LogP contribution in [0.4, 0.5) is 0 Å². The molecule has 2 N–H and O–H groups in total. The van der Waals surface area contributed by atoms with E-state index in [1.165, 1.54) is 0 Å². The number of benzene rings is 1. The standard InChI is InChI=1S/C15H25NO3/c1-12(2)16-10-14(17)11-19-15-6-4-13(5-7-15)8-9-18-3/h4-7,12,14,16-17H,8-11H2,1-3H3/i1D3,2D3,10D2. The summed E-state index contributed by atoms with van der Waals surface area (Å²) in [4.78, 5) is 0. The minimum atomic E-state index is -2.97. The van der Waals surface area contributed by atoms with Crippen LogP contribution in [0.3, 0.4) is 0 Å². The molecule has 0 aliphatic heterocycles. The predicted octanol–water partition coefficient (Wildman–Crippen LogP) is 1.61. The molecule has 0 aliphatic rings. The van der Waals surface area contributed by atoms with Crippen LogP contribution in [0.2, 0.25) is 0 Å². The number of aliphatic hydroxyl groups is 1. The fraction of sp³-hybridized carbons (Fsp3) is 0.600. The van der Waals surface area contributed by atoms with Crippen molar-refractivity contribution in [3.8, 4) is 5.75 Å². The molecule has 1 aromatic carbocycles. The summed E-state index contributed by atoms with van der Waals surface area (Å²) in [5.41, 5.74) is 1.01. The van der Waals surface area contributed by atoms with Gasteiger partial charge in [-0.3, -0.25) is 0 Å². The number of methoxy groups -OCH3 is 1. The van der Waals surface area contributed by atoms with Crippen LogP contribution in [0.15, 0.2) is 24.3 Å². The molecule has 0 aromatic heterocycles. The van der Waals surface area contributed by atoms with Crippen LogP contribution in [0.25, 0.3) is 0 Å². The summed E-state index contributed by atoms with van der Waals surface area (Å²) in [7, 11) is 1.60. The normalized spacial score (nSPS) is 21.0. The van der Waals surface area contributed by atoms with Crippen molar-refractivity contribution in [3.05, 3.63) is 29.8 Å². The van der Waals surface area contributed by atoms with Gasteiger partial charge in [-0.15, -0.1) is 0 Å². The minimum absolute atomic E-state index is 0.384. The molecule has 4 heteroatoms. The Kier molecular flexibility index (Phi) is 3.57. The van der Waals surface area contributed by atoms with E-state index in [1.54, 1.807) is 31.4 Å². The van der Waals surface area contributed by atoms with Crippen LogP contribution in [-0.2, 0) is 11.2 Å². The quantitative estimate of drug-likeness (QED) is 0.719. The molecule has 0 aliphatic carbocycles. The lowest BCUT2D eigenvalue weighted by molar-refractivity contribution is 0.104. The summed E-state index contributed by atoms with van der Waals surface area (Å²) in [6.07, 6.45) is -1.07. The van der Waals surface area contributed by atoms with Crippen molar-refractivity contribution in [1.29, 1.82) is 0 Å². The molecule has 4 nitrogen and oxygen atoms in total. The van der Waals surface area contributed by atoms with E-state index < -0.39 is 39.0 Å². The van der Waals surface area contributed by atoms with Crippen molar-refractivity contribution >= 4 is 0 Å². The van der Waals surface area contributed by atoms with E-state index >= 15 is 0 Å². The maximum Gasteiger partial charge on any atom is 0.119 e. The molecular weight excluding hydrogens is 242 g/mol. The van der Waals surface area contributed by atoms with E-state index in [1.807, 2.05) is 5.32 Å². The van der Waals surface area contributed by atoms with Crippen LogP contribution < -0.4 is 10.1 Å². The van der Waals surface area contributed by atoms with Crippen molar-refractivity contribution in [1.82, 2.24) is 5.32 Å². The van der Waals surface area contributed by atoms with E-state index in [2.05, 4.69) is 0 Å². The molecule has 1 rings (SSSR count). The predicted molar refractivity (Wildman–Crippen MR) is 76.7 cm³/mol. The maximum absolute atomic E-state index is 10.0. The van der Waals surface area contributed by atoms with Gasteiger partial charge in [0.1, 0.15) is 18.5 Å². The second-order valence-corrected chi connectivity index (χ2v) is 3.94. The molecule has 1 unspecified atom stereocenters. The van der Waals surface area contributed by atoms with Gasteiger partial charge < -0.3 is 19.9 Å². The largest absolute Gasteiger partial charge is 0.491 e. The van der Waals surface area contributed by atoms with Gasteiger partial charge in [0.05, 0.1) is 6.61 Å². The van der Waals surface area contributed by atoms with Crippen molar-refractivity contribution in [2.45, 2.75) is 32.3 Å². The third-order valence-corrected chi connectivity index (χ3v) is 2.32. The minimum Gasteiger partial charge on any atom is -0.491 e. The summed E-state index contributed by atoms with van der Waals surface area (Å²) in [6, 6.07) is 4.76. The molecule has 0 saturated heterocycles. The highest BCUT2D eigenvalue weighted by molar-refractivity contribution is 5.27. The zero-order chi connectivity index (χ0) is 20.9. The topological polar surface area (TPSA) is 50.7 Å². The molecule has 108 valence electrons. The summed E-state index contributed by atoms with van der Waals surface area (Å²) < 4.78 is 69.7. The van der Waals surface area contributed by atoms with Gasteiger partial charge in [-0.2, -0.15) is 0 Å². The average molecular weight is 275 g/mol. The highest BCUT2D eigenvalue weighted by Crippen LogP contribution is 2.12. The van der Waals surface area contributed by atoms with Crippen LogP contribution in [0.1, 0.15) is 30.2 Å². The lowest BCUT2D eigenvalue weighted by Crippen LogP contribution is -2.35. The van der Waals surface area contributed by atoms with E-state index in [0.717, 1.165) is 12.0 Å². The Hall–Kier alpha value is -1.10. The monoisotopic (exact) mass is 275 g/mol. The number of nitrogens with one attached hydrogen (secondary N) is 1. The van der Waals surface area contributed by atoms with Crippen molar-refractivity contribution < 1.29 is 25.5 Å². The Bertz CT molecular complexity index is 560. The third kappa shape index (κ3) is 7.15. The maximum atomic E-state index is 10.0. The second kappa shape index (κ2) is 8.91. The lowest BCUT2D eigenvalue weighted by atomic mass is 10.1. The Balaban J connectivity index is 2.70. The number of aliphatic hydroxyl groups excluding tert-OH is 1. The lowest BCUT2D eigenvalue weighted by Gasteiger charge is -2.15. The van der Waals surface area contributed by atoms with Gasteiger partial charge in [0, 0.05) is 30.6 Å². The first-order valence-electron chi connectivity index (χ1n) is 9.94. The van der Waals surface area contributed by atoms with Gasteiger partial charge in [0.15, 0.2) is 0 Å². The fourth-order valence-corrected chi connectivity index (χ4v) is 1.37. The van der Waals surface area contributed by atoms with Crippen molar-refractivity contribution in [2.75, 3.05) is 26.8 Å². The number of ether oxygens (including phenoxy) is 2. The Morgan fingerprint density at radius 2 is 2.11 bits per heavy atom. The summed E-state index contributed by atoms with van der Waals surface area (Å²) in [5, 5.41) is 11.9. The van der Waals surface area contributed by atoms with Gasteiger partial charge in [-0.1, -0.05) is 25.8 Å². The summed E-state index contributed by atoms with van der Waals surface area (Å²) in [6.45, 7) is -8.56. The number of hydrogen-bond acceptors (Lipinski definition) is 4. The molecule has 1 atom stereocenters. The average Bonchev–Trinajstić information content (AvgIpc) is 2.54. The molecule has 0 spiro atoms. The van der Waals surface area contributed by atoms with E-state index in [9.17, 15) is 5.11 Å². The van der Waals surface area contributed by atoms with Crippen LogP contribution in [0, 0.1) is 0 Å². The third-order valence-electron chi connectivity index (χ3n) is 2.32. The first-order chi connectivity index (χ1) is 12.3. The van der Waals surface area contributed by atoms with E-state index in [0.29, 0.717) is 12.4 Å². The highest BCUT2D eigenvalue weighted by atomic mass is 16.5. The zero-order valence-electron chi connectivity index (χ0n) is 18.8. The van der Waals surface area contributed by atoms with Crippen LogP contribution in [-0.4, -0.2) is 44.1 Å². The molecule has 0 heterocycles.